The van der Waals surface area contributed by atoms with Gasteiger partial charge in [0.05, 0.1) is 16.2 Å². The summed E-state index contributed by atoms with van der Waals surface area (Å²) < 4.78 is 5.56. The van der Waals surface area contributed by atoms with E-state index < -0.39 is 5.60 Å². The molecule has 3 nitrogen and oxygen atoms in total. The Kier molecular flexibility index (Phi) is 5.69. The van der Waals surface area contributed by atoms with Gasteiger partial charge in [-0.15, -0.1) is 0 Å². The predicted molar refractivity (Wildman–Crippen MR) is 92.8 cm³/mol. The Morgan fingerprint density at radius 2 is 1.73 bits per heavy atom. The minimum atomic E-state index is -0.481. The zero-order valence-corrected chi connectivity index (χ0v) is 15.7. The van der Waals surface area contributed by atoms with E-state index in [9.17, 15) is 4.79 Å². The van der Waals surface area contributed by atoms with Gasteiger partial charge in [0.25, 0.3) is 5.91 Å². The molecule has 0 aliphatic heterocycles. The highest BCUT2D eigenvalue weighted by Gasteiger charge is 2.26. The van der Waals surface area contributed by atoms with Crippen molar-refractivity contribution in [3.63, 3.8) is 0 Å². The van der Waals surface area contributed by atoms with Crippen molar-refractivity contribution in [2.24, 2.45) is 0 Å². The third-order valence-corrected chi connectivity index (χ3v) is 4.08. The third-order valence-electron chi connectivity index (χ3n) is 3.66. The number of benzene rings is 1. The molecule has 0 aliphatic carbocycles. The van der Waals surface area contributed by atoms with Crippen LogP contribution >= 0.6 is 11.6 Å². The fourth-order valence-corrected chi connectivity index (χ4v) is 2.52. The van der Waals surface area contributed by atoms with Crippen molar-refractivity contribution in [2.45, 2.75) is 65.5 Å². The summed E-state index contributed by atoms with van der Waals surface area (Å²) in [7, 11) is 1.67. The summed E-state index contributed by atoms with van der Waals surface area (Å²) in [6, 6.07) is 3.86. The zero-order chi connectivity index (χ0) is 17.3. The molecule has 1 N–H and O–H groups in total. The molecule has 4 heteroatoms. The molecule has 124 valence electrons. The number of hydrogen-bond acceptors (Lipinski definition) is 2. The topological polar surface area (TPSA) is 38.3 Å². The van der Waals surface area contributed by atoms with Crippen molar-refractivity contribution in [1.82, 2.24) is 5.32 Å². The van der Waals surface area contributed by atoms with Crippen LogP contribution in [0.4, 0.5) is 0 Å². The van der Waals surface area contributed by atoms with Crippen LogP contribution < -0.4 is 5.32 Å². The number of hydrogen-bond donors (Lipinski definition) is 1. The standard InChI is InChI=1S/C18H28ClNO2/c1-11(2)13-9-12(18(6,7)22-8)10-14(15(13)19)16(21)20-17(3,4)5/h9-11H,1-8H3,(H,20,21). The summed E-state index contributed by atoms with van der Waals surface area (Å²) in [5.41, 5.74) is 1.62. The molecule has 0 heterocycles. The zero-order valence-electron chi connectivity index (χ0n) is 14.9. The molecule has 0 radical (unpaired) electrons. The Balaban J connectivity index is 3.47. The molecule has 1 aromatic carbocycles. The van der Waals surface area contributed by atoms with E-state index in [0.717, 1.165) is 11.1 Å². The first-order valence-corrected chi connectivity index (χ1v) is 7.98. The minimum Gasteiger partial charge on any atom is -0.374 e. The molecule has 0 fully saturated rings. The van der Waals surface area contributed by atoms with E-state index >= 15 is 0 Å². The monoisotopic (exact) mass is 325 g/mol. The Hall–Kier alpha value is -1.06. The molecule has 0 saturated heterocycles. The molecule has 0 bridgehead atoms. The summed E-state index contributed by atoms with van der Waals surface area (Å²) in [6.45, 7) is 13.9. The van der Waals surface area contributed by atoms with Gasteiger partial charge in [-0.2, -0.15) is 0 Å². The Morgan fingerprint density at radius 3 is 2.14 bits per heavy atom. The molecule has 1 aromatic rings. The fraction of sp³-hybridized carbons (Fsp3) is 0.611. The van der Waals surface area contributed by atoms with Crippen LogP contribution in [-0.2, 0) is 10.3 Å². The summed E-state index contributed by atoms with van der Waals surface area (Å²) >= 11 is 6.49. The van der Waals surface area contributed by atoms with Gasteiger partial charge >= 0.3 is 0 Å². The average Bonchev–Trinajstić information content (AvgIpc) is 2.36. The van der Waals surface area contributed by atoms with Crippen LogP contribution in [0, 0.1) is 0 Å². The van der Waals surface area contributed by atoms with Crippen molar-refractivity contribution < 1.29 is 9.53 Å². The molecule has 0 saturated carbocycles. The van der Waals surface area contributed by atoms with Crippen molar-refractivity contribution in [2.75, 3.05) is 7.11 Å². The van der Waals surface area contributed by atoms with Crippen molar-refractivity contribution in [3.05, 3.63) is 33.8 Å². The lowest BCUT2D eigenvalue weighted by Gasteiger charge is -2.27. The van der Waals surface area contributed by atoms with Gasteiger partial charge in [-0.1, -0.05) is 31.5 Å². The number of methoxy groups -OCH3 is 1. The molecule has 0 aliphatic rings. The molecular weight excluding hydrogens is 298 g/mol. The van der Waals surface area contributed by atoms with E-state index in [1.54, 1.807) is 7.11 Å². The van der Waals surface area contributed by atoms with Crippen molar-refractivity contribution in [3.8, 4) is 0 Å². The van der Waals surface area contributed by atoms with E-state index in [4.69, 9.17) is 16.3 Å². The van der Waals surface area contributed by atoms with Gasteiger partial charge in [-0.05, 0) is 57.7 Å². The van der Waals surface area contributed by atoms with E-state index in [1.165, 1.54) is 0 Å². The lowest BCUT2D eigenvalue weighted by molar-refractivity contribution is 0.0191. The van der Waals surface area contributed by atoms with E-state index in [0.29, 0.717) is 10.6 Å². The maximum absolute atomic E-state index is 12.6. The highest BCUT2D eigenvalue weighted by molar-refractivity contribution is 6.34. The van der Waals surface area contributed by atoms with E-state index in [-0.39, 0.29) is 17.4 Å². The second-order valence-corrected chi connectivity index (χ2v) is 7.88. The van der Waals surface area contributed by atoms with Gasteiger partial charge in [-0.25, -0.2) is 0 Å². The minimum absolute atomic E-state index is 0.159. The number of carbonyl (C=O) groups is 1. The lowest BCUT2D eigenvalue weighted by Crippen LogP contribution is -2.41. The Labute approximate surface area is 139 Å². The largest absolute Gasteiger partial charge is 0.374 e. The number of carbonyl (C=O) groups excluding carboxylic acids is 1. The van der Waals surface area contributed by atoms with Crippen LogP contribution in [0.15, 0.2) is 12.1 Å². The van der Waals surface area contributed by atoms with E-state index in [2.05, 4.69) is 19.2 Å². The van der Waals surface area contributed by atoms with Gasteiger partial charge in [0.1, 0.15) is 0 Å². The highest BCUT2D eigenvalue weighted by atomic mass is 35.5. The first-order valence-electron chi connectivity index (χ1n) is 7.60. The highest BCUT2D eigenvalue weighted by Crippen LogP contribution is 2.34. The number of rotatable bonds is 4. The summed E-state index contributed by atoms with van der Waals surface area (Å²) in [4.78, 5) is 12.6. The van der Waals surface area contributed by atoms with Gasteiger partial charge in [0.15, 0.2) is 0 Å². The second kappa shape index (κ2) is 6.59. The molecule has 0 aromatic heterocycles. The first kappa shape index (κ1) is 19.0. The van der Waals surface area contributed by atoms with Gasteiger partial charge in [-0.3, -0.25) is 4.79 Å². The van der Waals surface area contributed by atoms with Gasteiger partial charge < -0.3 is 10.1 Å². The van der Waals surface area contributed by atoms with Crippen molar-refractivity contribution in [1.29, 1.82) is 0 Å². The maximum atomic E-state index is 12.6. The van der Waals surface area contributed by atoms with Crippen LogP contribution in [0.2, 0.25) is 5.02 Å². The lowest BCUT2D eigenvalue weighted by atomic mass is 9.90. The molecule has 0 unspecified atom stereocenters. The van der Waals surface area contributed by atoms with Crippen LogP contribution in [0.5, 0.6) is 0 Å². The van der Waals surface area contributed by atoms with Gasteiger partial charge in [0, 0.05) is 12.6 Å². The fourth-order valence-electron chi connectivity index (χ4n) is 2.11. The number of nitrogens with one attached hydrogen (secondary N) is 1. The number of halogens is 1. The van der Waals surface area contributed by atoms with E-state index in [1.807, 2.05) is 46.8 Å². The first-order chi connectivity index (χ1) is 9.89. The molecule has 22 heavy (non-hydrogen) atoms. The van der Waals surface area contributed by atoms with Crippen LogP contribution in [0.25, 0.3) is 0 Å². The smallest absolute Gasteiger partial charge is 0.253 e. The molecule has 0 atom stereocenters. The molecule has 0 spiro atoms. The summed E-state index contributed by atoms with van der Waals surface area (Å²) in [6.07, 6.45) is 0. The molecule has 1 rings (SSSR count). The summed E-state index contributed by atoms with van der Waals surface area (Å²) in [5, 5.41) is 3.50. The normalized spacial score (nSPS) is 12.6. The van der Waals surface area contributed by atoms with Crippen LogP contribution in [0.1, 0.15) is 75.9 Å². The Bertz CT molecular complexity index is 557. The predicted octanol–water partition coefficient (Wildman–Crippen LogP) is 4.87. The quantitative estimate of drug-likeness (QED) is 0.857. The SMILES string of the molecule is COC(C)(C)c1cc(C(=O)NC(C)(C)C)c(Cl)c(C(C)C)c1. The van der Waals surface area contributed by atoms with Gasteiger partial charge in [0.2, 0.25) is 0 Å². The molecular formula is C18H28ClNO2. The number of ether oxygens (including phenoxy) is 1. The third kappa shape index (κ3) is 4.47. The van der Waals surface area contributed by atoms with Crippen LogP contribution in [-0.4, -0.2) is 18.6 Å². The maximum Gasteiger partial charge on any atom is 0.253 e. The Morgan fingerprint density at radius 1 is 1.18 bits per heavy atom. The second-order valence-electron chi connectivity index (χ2n) is 7.50. The average molecular weight is 326 g/mol. The number of amides is 1. The van der Waals surface area contributed by atoms with Crippen LogP contribution in [0.3, 0.4) is 0 Å². The summed E-state index contributed by atoms with van der Waals surface area (Å²) in [5.74, 6) is 0.0643. The van der Waals surface area contributed by atoms with Crippen molar-refractivity contribution >= 4 is 17.5 Å². The molecule has 1 amide bonds.